The average molecular weight is 798 g/mol. The molecule has 45 heavy (non-hydrogen) atoms. The molecular weight excluding hydrogens is 761 g/mol. The molecule has 0 amide bonds. The standard InChI is InChI=1S/C26H20NS.C14H16NSi.Ir/c1-17(2)19-13-14-27-23(15-19)20-11-12-22-25(16-20)28-24-10-6-9-21(26(22)24)18-7-4-3-5-8-18;1-16(2,3)13-9-10-14(15-11-13)12-7-5-4-6-8-12;/h3-15,17H,1-2H3;4-7,9-11H,1-3H3;/q2*-1;/i17D;;. The van der Waals surface area contributed by atoms with Gasteiger partial charge in [0.15, 0.2) is 0 Å². The Labute approximate surface area is 287 Å². The number of thiophene rings is 1. The van der Waals surface area contributed by atoms with Crippen LogP contribution < -0.4 is 5.19 Å². The van der Waals surface area contributed by atoms with Gasteiger partial charge in [-0.1, -0.05) is 105 Å². The molecule has 0 bridgehead atoms. The second-order valence-corrected chi connectivity index (χ2v) is 18.3. The summed E-state index contributed by atoms with van der Waals surface area (Å²) in [6.07, 6.45) is 3.81. The first-order valence-corrected chi connectivity index (χ1v) is 19.2. The first-order valence-electron chi connectivity index (χ1n) is 15.4. The normalized spacial score (nSPS) is 11.8. The third-order valence-corrected chi connectivity index (χ3v) is 10.8. The van der Waals surface area contributed by atoms with Gasteiger partial charge in [0.25, 0.3) is 0 Å². The molecule has 227 valence electrons. The first-order chi connectivity index (χ1) is 21.6. The zero-order valence-electron chi connectivity index (χ0n) is 27.2. The van der Waals surface area contributed by atoms with Crippen molar-refractivity contribution in [1.29, 1.82) is 0 Å². The van der Waals surface area contributed by atoms with Gasteiger partial charge in [0.2, 0.25) is 0 Å². The summed E-state index contributed by atoms with van der Waals surface area (Å²) in [4.78, 5) is 9.06. The van der Waals surface area contributed by atoms with Crippen LogP contribution >= 0.6 is 11.3 Å². The molecule has 0 N–H and O–H groups in total. The molecule has 0 atom stereocenters. The Kier molecular flexibility index (Phi) is 9.82. The molecule has 0 aliphatic carbocycles. The maximum atomic E-state index is 8.31. The third kappa shape index (κ3) is 7.40. The van der Waals surface area contributed by atoms with Crippen LogP contribution in [-0.4, -0.2) is 18.0 Å². The Hall–Kier alpha value is -3.73. The minimum absolute atomic E-state index is 0. The van der Waals surface area contributed by atoms with Crippen LogP contribution in [0.25, 0.3) is 53.8 Å². The van der Waals surface area contributed by atoms with Gasteiger partial charge in [0.1, 0.15) is 0 Å². The predicted octanol–water partition coefficient (Wildman–Crippen LogP) is 10.8. The number of benzene rings is 4. The fourth-order valence-corrected chi connectivity index (χ4v) is 7.37. The van der Waals surface area contributed by atoms with Crippen LogP contribution in [0.3, 0.4) is 0 Å². The van der Waals surface area contributed by atoms with Crippen molar-refractivity contribution in [2.75, 3.05) is 0 Å². The van der Waals surface area contributed by atoms with E-state index in [1.165, 1.54) is 31.8 Å². The molecule has 1 radical (unpaired) electrons. The Bertz CT molecular complexity index is 2060. The molecule has 0 aliphatic heterocycles. The van der Waals surface area contributed by atoms with Crippen LogP contribution in [0.1, 0.15) is 26.7 Å². The molecule has 0 saturated heterocycles. The van der Waals surface area contributed by atoms with Crippen LogP contribution in [-0.2, 0) is 20.1 Å². The van der Waals surface area contributed by atoms with Crippen molar-refractivity contribution < 1.29 is 21.5 Å². The second kappa shape index (κ2) is 14.1. The van der Waals surface area contributed by atoms with Crippen LogP contribution in [0.15, 0.2) is 122 Å². The maximum absolute atomic E-state index is 8.31. The van der Waals surface area contributed by atoms with Crippen molar-refractivity contribution in [2.45, 2.75) is 39.4 Å². The van der Waals surface area contributed by atoms with Gasteiger partial charge in [0.05, 0.1) is 8.07 Å². The zero-order valence-corrected chi connectivity index (χ0v) is 30.4. The van der Waals surface area contributed by atoms with Gasteiger partial charge in [-0.2, -0.15) is 11.3 Å². The summed E-state index contributed by atoms with van der Waals surface area (Å²) in [6.45, 7) is 10.8. The number of pyridine rings is 2. The fourth-order valence-electron chi connectivity index (χ4n) is 5.20. The Morgan fingerprint density at radius 1 is 0.778 bits per heavy atom. The fraction of sp³-hybridized carbons (Fsp3) is 0.150. The molecule has 4 aromatic carbocycles. The van der Waals surface area contributed by atoms with E-state index in [0.717, 1.165) is 32.8 Å². The van der Waals surface area contributed by atoms with Gasteiger partial charge in [-0.3, -0.25) is 0 Å². The second-order valence-electron chi connectivity index (χ2n) is 12.1. The molecule has 0 saturated carbocycles. The van der Waals surface area contributed by atoms with Crippen molar-refractivity contribution in [3.8, 4) is 33.6 Å². The number of fused-ring (bicyclic) bond motifs is 3. The van der Waals surface area contributed by atoms with E-state index in [1.807, 2.05) is 56.4 Å². The number of aromatic nitrogens is 2. The Morgan fingerprint density at radius 2 is 1.58 bits per heavy atom. The molecule has 0 fully saturated rings. The van der Waals surface area contributed by atoms with Crippen molar-refractivity contribution in [3.63, 3.8) is 0 Å². The zero-order chi connectivity index (χ0) is 31.6. The monoisotopic (exact) mass is 798 g/mol. The van der Waals surface area contributed by atoms with Gasteiger partial charge in [-0.25, -0.2) is 0 Å². The molecule has 0 unspecified atom stereocenters. The van der Waals surface area contributed by atoms with Gasteiger partial charge >= 0.3 is 0 Å². The topological polar surface area (TPSA) is 25.8 Å². The van der Waals surface area contributed by atoms with E-state index in [1.54, 1.807) is 17.5 Å². The summed E-state index contributed by atoms with van der Waals surface area (Å²) >= 11 is 1.77. The molecule has 7 aromatic rings. The molecule has 5 heteroatoms. The third-order valence-electron chi connectivity index (χ3n) is 7.73. The van der Waals surface area contributed by atoms with Gasteiger partial charge in [-0.15, -0.1) is 59.7 Å². The van der Waals surface area contributed by atoms with Crippen molar-refractivity contribution in [3.05, 3.63) is 139 Å². The summed E-state index contributed by atoms with van der Waals surface area (Å²) in [6, 6.07) is 44.3. The van der Waals surface area contributed by atoms with Crippen molar-refractivity contribution in [2.24, 2.45) is 0 Å². The number of hydrogen-bond donors (Lipinski definition) is 0. The van der Waals surface area contributed by atoms with Crippen molar-refractivity contribution >= 4 is 44.8 Å². The average Bonchev–Trinajstić information content (AvgIpc) is 3.43. The van der Waals surface area contributed by atoms with E-state index >= 15 is 0 Å². The van der Waals surface area contributed by atoms with Crippen LogP contribution in [0.5, 0.6) is 0 Å². The molecule has 7 rings (SSSR count). The van der Waals surface area contributed by atoms with E-state index in [2.05, 4.69) is 115 Å². The molecule has 2 nitrogen and oxygen atoms in total. The van der Waals surface area contributed by atoms with E-state index in [4.69, 9.17) is 1.37 Å². The molecule has 0 aliphatic rings. The van der Waals surface area contributed by atoms with Crippen LogP contribution in [0, 0.1) is 12.1 Å². The van der Waals surface area contributed by atoms with Crippen molar-refractivity contribution in [1.82, 2.24) is 9.97 Å². The minimum Gasteiger partial charge on any atom is -0.305 e. The van der Waals surface area contributed by atoms with Gasteiger partial charge in [0, 0.05) is 38.6 Å². The Morgan fingerprint density at radius 3 is 2.27 bits per heavy atom. The summed E-state index contributed by atoms with van der Waals surface area (Å²) in [5.41, 5.74) is 7.34. The molecule has 3 aromatic heterocycles. The van der Waals surface area contributed by atoms with E-state index in [9.17, 15) is 0 Å². The van der Waals surface area contributed by atoms with E-state index < -0.39 is 14.0 Å². The summed E-state index contributed by atoms with van der Waals surface area (Å²) in [5, 5.41) is 3.91. The van der Waals surface area contributed by atoms with Gasteiger partial charge in [-0.05, 0) is 55.8 Å². The molecular formula is C40H36IrN2SSi-2. The van der Waals surface area contributed by atoms with Crippen LogP contribution in [0.4, 0.5) is 0 Å². The first kappa shape index (κ1) is 31.3. The SMILES string of the molecule is C[Si](C)(C)c1ccc(-c2[c-]cccc2)nc1.[2H]C(C)(C)c1ccnc(-c2[c-]c3sc4cccc(-c5ccccc5)c4c3cc2)c1.[Ir]. The summed E-state index contributed by atoms with van der Waals surface area (Å²) in [5.74, 6) is -0.649. The van der Waals surface area contributed by atoms with Crippen LogP contribution in [0.2, 0.25) is 19.6 Å². The van der Waals surface area contributed by atoms with E-state index in [-0.39, 0.29) is 20.1 Å². The predicted molar refractivity (Wildman–Crippen MR) is 192 cm³/mol. The minimum atomic E-state index is -1.23. The summed E-state index contributed by atoms with van der Waals surface area (Å²) in [7, 11) is -1.23. The maximum Gasteiger partial charge on any atom is 0.0795 e. The molecule has 3 heterocycles. The molecule has 0 spiro atoms. The van der Waals surface area contributed by atoms with E-state index in [0.29, 0.717) is 0 Å². The Balaban J connectivity index is 0.000000209. The number of hydrogen-bond acceptors (Lipinski definition) is 3. The smallest absolute Gasteiger partial charge is 0.0795 e. The summed E-state index contributed by atoms with van der Waals surface area (Å²) < 4.78 is 10.7. The number of rotatable bonds is 5. The van der Waals surface area contributed by atoms with Gasteiger partial charge < -0.3 is 9.97 Å². The largest absolute Gasteiger partial charge is 0.305 e. The quantitative estimate of drug-likeness (QED) is 0.128. The number of nitrogens with zero attached hydrogens (tertiary/aromatic N) is 2.